The zero-order valence-corrected chi connectivity index (χ0v) is 16.0. The second-order valence-corrected chi connectivity index (χ2v) is 8.44. The van der Waals surface area contributed by atoms with Gasteiger partial charge in [0.1, 0.15) is 17.3 Å². The lowest BCUT2D eigenvalue weighted by molar-refractivity contribution is -0.125. The van der Waals surface area contributed by atoms with E-state index in [-0.39, 0.29) is 24.5 Å². The van der Waals surface area contributed by atoms with Crippen molar-refractivity contribution in [2.45, 2.75) is 63.4 Å². The van der Waals surface area contributed by atoms with Crippen molar-refractivity contribution in [1.29, 1.82) is 0 Å². The maximum absolute atomic E-state index is 12.2. The molecule has 0 aliphatic heterocycles. The molecule has 0 saturated heterocycles. The summed E-state index contributed by atoms with van der Waals surface area (Å²) in [4.78, 5) is 34.2. The minimum absolute atomic E-state index is 0.0985. The van der Waals surface area contributed by atoms with E-state index in [1.807, 2.05) is 0 Å². The molecule has 3 N–H and O–H groups in total. The van der Waals surface area contributed by atoms with Crippen LogP contribution in [0.25, 0.3) is 10.2 Å². The molecule has 4 rings (SSSR count). The third-order valence-electron chi connectivity index (χ3n) is 5.42. The molecule has 2 amide bonds. The minimum Gasteiger partial charge on any atom is -0.474 e. The minimum atomic E-state index is -0.534. The Balaban J connectivity index is 1.58. The highest BCUT2D eigenvalue weighted by molar-refractivity contribution is 7.19. The highest BCUT2D eigenvalue weighted by Crippen LogP contribution is 2.47. The summed E-state index contributed by atoms with van der Waals surface area (Å²) in [5, 5.41) is 3.57. The first-order valence-electron chi connectivity index (χ1n) is 9.59. The summed E-state index contributed by atoms with van der Waals surface area (Å²) in [6, 6.07) is 0. The number of nitrogens with two attached hydrogens (primary N) is 1. The van der Waals surface area contributed by atoms with E-state index >= 15 is 0 Å². The number of rotatable bonds is 6. The van der Waals surface area contributed by atoms with Gasteiger partial charge < -0.3 is 15.8 Å². The first-order valence-corrected chi connectivity index (χ1v) is 10.4. The summed E-state index contributed by atoms with van der Waals surface area (Å²) in [6.45, 7) is -0.123. The van der Waals surface area contributed by atoms with E-state index in [2.05, 4.69) is 15.3 Å². The zero-order chi connectivity index (χ0) is 18.8. The molecule has 2 aliphatic carbocycles. The molecule has 1 fully saturated rings. The van der Waals surface area contributed by atoms with Crippen LogP contribution in [0.2, 0.25) is 0 Å². The number of nitrogens with zero attached hydrogens (tertiary/aromatic N) is 2. The number of hydrogen-bond acceptors (Lipinski definition) is 6. The number of fused-ring (bicyclic) bond motifs is 3. The normalized spacial score (nSPS) is 19.8. The van der Waals surface area contributed by atoms with Crippen LogP contribution in [-0.4, -0.2) is 34.4 Å². The molecule has 0 aromatic carbocycles. The standard InChI is InChI=1S/C19H24N4O3S/c20-14(24)9-21-15(25)8-11-6-7-13-16(11)17-18(22-10-23-19(17)27-13)26-12-4-2-1-3-5-12/h10-12H,1-9H2,(H2,20,24)(H,21,25)/t11-/m1/s1. The van der Waals surface area contributed by atoms with Crippen LogP contribution in [0.15, 0.2) is 6.33 Å². The lowest BCUT2D eigenvalue weighted by Gasteiger charge is -2.23. The van der Waals surface area contributed by atoms with Crippen molar-refractivity contribution < 1.29 is 14.3 Å². The molecule has 144 valence electrons. The largest absolute Gasteiger partial charge is 0.474 e. The number of aryl methyl sites for hydroxylation is 1. The average molecular weight is 388 g/mol. The molecule has 0 bridgehead atoms. The summed E-state index contributed by atoms with van der Waals surface area (Å²) in [7, 11) is 0. The fourth-order valence-corrected chi connectivity index (χ4v) is 5.39. The zero-order valence-electron chi connectivity index (χ0n) is 15.2. The van der Waals surface area contributed by atoms with Crippen molar-refractivity contribution in [3.05, 3.63) is 16.8 Å². The van der Waals surface area contributed by atoms with Gasteiger partial charge in [-0.2, -0.15) is 0 Å². The second kappa shape index (κ2) is 7.80. The number of aromatic nitrogens is 2. The number of carbonyl (C=O) groups excluding carboxylic acids is 2. The van der Waals surface area contributed by atoms with E-state index in [0.29, 0.717) is 12.3 Å². The van der Waals surface area contributed by atoms with Gasteiger partial charge in [0.05, 0.1) is 11.9 Å². The number of ether oxygens (including phenoxy) is 1. The van der Waals surface area contributed by atoms with Gasteiger partial charge in [-0.3, -0.25) is 9.59 Å². The molecule has 2 aliphatic rings. The molecular formula is C19H24N4O3S. The number of primary amides is 1. The second-order valence-electron chi connectivity index (χ2n) is 7.36. The average Bonchev–Trinajstić information content (AvgIpc) is 3.21. The summed E-state index contributed by atoms with van der Waals surface area (Å²) in [6.07, 6.45) is 9.78. The van der Waals surface area contributed by atoms with Crippen LogP contribution >= 0.6 is 11.3 Å². The van der Waals surface area contributed by atoms with Crippen LogP contribution in [0.4, 0.5) is 0 Å². The number of nitrogens with one attached hydrogen (secondary N) is 1. The van der Waals surface area contributed by atoms with Crippen molar-refractivity contribution in [2.24, 2.45) is 5.73 Å². The fourth-order valence-electron chi connectivity index (χ4n) is 4.16. The molecular weight excluding hydrogens is 364 g/mol. The van der Waals surface area contributed by atoms with Crippen LogP contribution in [0.1, 0.15) is 61.3 Å². The van der Waals surface area contributed by atoms with Gasteiger partial charge in [-0.05, 0) is 50.0 Å². The van der Waals surface area contributed by atoms with E-state index in [0.717, 1.165) is 41.5 Å². The molecule has 2 aromatic heterocycles. The number of amides is 2. The van der Waals surface area contributed by atoms with Crippen molar-refractivity contribution in [3.63, 3.8) is 0 Å². The molecule has 2 heterocycles. The molecule has 27 heavy (non-hydrogen) atoms. The molecule has 8 heteroatoms. The Labute approximate surface area is 161 Å². The molecule has 7 nitrogen and oxygen atoms in total. The highest BCUT2D eigenvalue weighted by atomic mass is 32.1. The quantitative estimate of drug-likeness (QED) is 0.790. The summed E-state index contributed by atoms with van der Waals surface area (Å²) in [5.41, 5.74) is 6.27. The molecule has 0 unspecified atom stereocenters. The first-order chi connectivity index (χ1) is 13.1. The van der Waals surface area contributed by atoms with Gasteiger partial charge in [-0.25, -0.2) is 9.97 Å². The van der Waals surface area contributed by atoms with Gasteiger partial charge in [0, 0.05) is 11.3 Å². The Morgan fingerprint density at radius 2 is 2.04 bits per heavy atom. The summed E-state index contributed by atoms with van der Waals surface area (Å²) >= 11 is 1.67. The van der Waals surface area contributed by atoms with Crippen molar-refractivity contribution in [1.82, 2.24) is 15.3 Å². The van der Waals surface area contributed by atoms with Crippen molar-refractivity contribution in [2.75, 3.05) is 6.54 Å². The monoisotopic (exact) mass is 388 g/mol. The van der Waals surface area contributed by atoms with Crippen molar-refractivity contribution >= 4 is 33.4 Å². The fraction of sp³-hybridized carbons (Fsp3) is 0.579. The van der Waals surface area contributed by atoms with Crippen LogP contribution in [0.3, 0.4) is 0 Å². The van der Waals surface area contributed by atoms with Gasteiger partial charge in [0.15, 0.2) is 0 Å². The molecule has 0 radical (unpaired) electrons. The van der Waals surface area contributed by atoms with Crippen LogP contribution < -0.4 is 15.8 Å². The SMILES string of the molecule is NC(=O)CNC(=O)C[C@H]1CCc2sc3ncnc(OC4CCCCC4)c3c21. The third kappa shape index (κ3) is 3.90. The first kappa shape index (κ1) is 18.2. The van der Waals surface area contributed by atoms with Crippen LogP contribution in [0, 0.1) is 0 Å². The van der Waals surface area contributed by atoms with E-state index in [9.17, 15) is 9.59 Å². The topological polar surface area (TPSA) is 107 Å². The van der Waals surface area contributed by atoms with Crippen LogP contribution in [0.5, 0.6) is 5.88 Å². The maximum atomic E-state index is 12.2. The highest BCUT2D eigenvalue weighted by Gasteiger charge is 2.32. The summed E-state index contributed by atoms with van der Waals surface area (Å²) < 4.78 is 6.28. The third-order valence-corrected chi connectivity index (χ3v) is 6.59. The predicted octanol–water partition coefficient (Wildman–Crippen LogP) is 2.42. The van der Waals surface area contributed by atoms with E-state index in [1.54, 1.807) is 17.7 Å². The maximum Gasteiger partial charge on any atom is 0.236 e. The van der Waals surface area contributed by atoms with Crippen LogP contribution in [-0.2, 0) is 16.0 Å². The Morgan fingerprint density at radius 3 is 2.81 bits per heavy atom. The number of hydrogen-bond donors (Lipinski definition) is 2. The summed E-state index contributed by atoms with van der Waals surface area (Å²) in [5.74, 6) is 0.0702. The van der Waals surface area contributed by atoms with E-state index in [1.165, 1.54) is 24.1 Å². The lowest BCUT2D eigenvalue weighted by Crippen LogP contribution is -2.33. The van der Waals surface area contributed by atoms with Gasteiger partial charge in [-0.1, -0.05) is 6.42 Å². The number of thiophene rings is 1. The smallest absolute Gasteiger partial charge is 0.236 e. The van der Waals surface area contributed by atoms with E-state index < -0.39 is 5.91 Å². The molecule has 0 spiro atoms. The van der Waals surface area contributed by atoms with Gasteiger partial charge in [-0.15, -0.1) is 11.3 Å². The van der Waals surface area contributed by atoms with E-state index in [4.69, 9.17) is 10.5 Å². The predicted molar refractivity (Wildman–Crippen MR) is 103 cm³/mol. The Morgan fingerprint density at radius 1 is 1.22 bits per heavy atom. The lowest BCUT2D eigenvalue weighted by atomic mass is 9.96. The number of carbonyl (C=O) groups is 2. The van der Waals surface area contributed by atoms with Gasteiger partial charge in [0.2, 0.25) is 17.7 Å². The molecule has 1 atom stereocenters. The Kier molecular flexibility index (Phi) is 5.24. The van der Waals surface area contributed by atoms with Gasteiger partial charge >= 0.3 is 0 Å². The molecule has 2 aromatic rings. The Hall–Kier alpha value is -2.22. The van der Waals surface area contributed by atoms with Crippen molar-refractivity contribution in [3.8, 4) is 5.88 Å². The Bertz CT molecular complexity index is 860. The van der Waals surface area contributed by atoms with Gasteiger partial charge in [0.25, 0.3) is 0 Å². The molecule has 1 saturated carbocycles.